The van der Waals surface area contributed by atoms with Crippen molar-refractivity contribution in [2.24, 2.45) is 0 Å². The van der Waals surface area contributed by atoms with E-state index in [1.165, 1.54) is 37.6 Å². The van der Waals surface area contributed by atoms with Crippen molar-refractivity contribution in [3.05, 3.63) is 81.5 Å². The molecular weight excluding hydrogens is 823 g/mol. The summed E-state index contributed by atoms with van der Waals surface area (Å²) in [5.74, 6) is -0.740. The summed E-state index contributed by atoms with van der Waals surface area (Å²) in [6.45, 7) is 5.91. The minimum atomic E-state index is -1.53. The first-order valence-corrected chi connectivity index (χ1v) is 21.1. The SMILES string of the molecule is CCc1c(F)ccc2cc(OCOC)cc(-c3ncc4c(N5CCC[C@@](C)(OC6CCCCO6)C5)nc(OC[C@@H]5C[C@H](c6cc([N+](=O)[O-])ccc6OC(=O)O)CN5C)nc4c3F)c12. The quantitative estimate of drug-likeness (QED) is 0.0369. The molecule has 3 aliphatic heterocycles. The number of anilines is 1. The van der Waals surface area contributed by atoms with Gasteiger partial charge in [0.2, 0.25) is 0 Å². The normalized spacial score (nSPS) is 21.8. The molecule has 0 saturated carbocycles. The molecule has 18 heteroatoms. The summed E-state index contributed by atoms with van der Waals surface area (Å²) in [7, 11) is 3.35. The number of pyridine rings is 1. The number of non-ortho nitro benzene ring substituents is 1. The van der Waals surface area contributed by atoms with Gasteiger partial charge in [-0.15, -0.1) is 0 Å². The Balaban J connectivity index is 1.18. The van der Waals surface area contributed by atoms with Gasteiger partial charge in [-0.05, 0) is 99.5 Å². The number of nitro groups is 1. The van der Waals surface area contributed by atoms with E-state index in [0.717, 1.165) is 32.1 Å². The first kappa shape index (κ1) is 43.8. The van der Waals surface area contributed by atoms with E-state index in [-0.39, 0.29) is 60.3 Å². The van der Waals surface area contributed by atoms with Gasteiger partial charge in [-0.1, -0.05) is 13.0 Å². The molecule has 3 saturated heterocycles. The lowest BCUT2D eigenvalue weighted by molar-refractivity contribution is -0.385. The number of rotatable bonds is 14. The molecule has 3 aliphatic rings. The number of hydrogen-bond acceptors (Lipinski definition) is 14. The fourth-order valence-corrected chi connectivity index (χ4v) is 9.18. The van der Waals surface area contributed by atoms with Crippen LogP contribution in [0, 0.1) is 21.7 Å². The van der Waals surface area contributed by atoms with E-state index >= 15 is 8.78 Å². The average Bonchev–Trinajstić information content (AvgIpc) is 3.64. The zero-order chi connectivity index (χ0) is 44.4. The summed E-state index contributed by atoms with van der Waals surface area (Å²) >= 11 is 0. The molecule has 3 aromatic carbocycles. The van der Waals surface area contributed by atoms with Gasteiger partial charge in [-0.3, -0.25) is 20.0 Å². The maximum atomic E-state index is 17.5. The van der Waals surface area contributed by atoms with Crippen LogP contribution < -0.4 is 19.1 Å². The summed E-state index contributed by atoms with van der Waals surface area (Å²) in [4.78, 5) is 40.9. The summed E-state index contributed by atoms with van der Waals surface area (Å²) in [6.07, 6.45) is 4.75. The molecule has 4 atom stereocenters. The second-order valence-corrected chi connectivity index (χ2v) is 16.6. The van der Waals surface area contributed by atoms with Gasteiger partial charge in [-0.25, -0.2) is 13.6 Å². The van der Waals surface area contributed by atoms with Gasteiger partial charge in [0.15, 0.2) is 18.9 Å². The Morgan fingerprint density at radius 2 is 1.95 bits per heavy atom. The lowest BCUT2D eigenvalue weighted by Crippen LogP contribution is -2.50. The Morgan fingerprint density at radius 3 is 2.70 bits per heavy atom. The van der Waals surface area contributed by atoms with Gasteiger partial charge in [0.05, 0.1) is 15.9 Å². The second-order valence-electron chi connectivity index (χ2n) is 16.6. The standard InChI is InChI=1S/C45H50F2N6O10/c1-5-31-35(46)12-10-26-18-30(61-25-58-4)20-33(38(26)31)40-39(47)41-34(21-48-40)42(52-15-8-14-45(2,24-52)63-37-9-6-7-16-59-37)50-43(49-41)60-23-29-17-27(22-51(29)3)32-19-28(53(56)57)11-13-36(32)62-44(54)55/h10-13,18-21,27,29,37H,5-9,14-17,22-25H2,1-4H3,(H,54,55)/t27-,29-,37?,45+/m0/s1. The summed E-state index contributed by atoms with van der Waals surface area (Å²) in [5.41, 5.74) is 0.174. The fourth-order valence-electron chi connectivity index (χ4n) is 9.18. The van der Waals surface area contributed by atoms with Crippen molar-refractivity contribution >= 4 is 39.3 Å². The number of nitrogens with zero attached hydrogens (tertiary/aromatic N) is 6. The Bertz CT molecular complexity index is 2530. The predicted octanol–water partition coefficient (Wildman–Crippen LogP) is 8.40. The highest BCUT2D eigenvalue weighted by Gasteiger charge is 2.38. The highest BCUT2D eigenvalue weighted by atomic mass is 19.1. The van der Waals surface area contributed by atoms with E-state index in [9.17, 15) is 20.0 Å². The van der Waals surface area contributed by atoms with Crippen LogP contribution in [-0.2, 0) is 20.6 Å². The molecule has 0 amide bonds. The van der Waals surface area contributed by atoms with Crippen molar-refractivity contribution in [2.75, 3.05) is 58.7 Å². The maximum absolute atomic E-state index is 17.5. The Kier molecular flexibility index (Phi) is 12.9. The van der Waals surface area contributed by atoms with E-state index < -0.39 is 28.3 Å². The number of benzene rings is 3. The third-order valence-electron chi connectivity index (χ3n) is 12.2. The summed E-state index contributed by atoms with van der Waals surface area (Å²) in [6, 6.07) is 9.82. The molecule has 0 bridgehead atoms. The average molecular weight is 873 g/mol. The van der Waals surface area contributed by atoms with Gasteiger partial charge in [0.25, 0.3) is 5.69 Å². The number of carbonyl (C=O) groups is 1. The highest BCUT2D eigenvalue weighted by molar-refractivity contribution is 6.02. The summed E-state index contributed by atoms with van der Waals surface area (Å²) in [5, 5.41) is 22.5. The second kappa shape index (κ2) is 18.5. The first-order chi connectivity index (χ1) is 30.3. The molecule has 8 rings (SSSR count). The molecule has 5 aromatic rings. The lowest BCUT2D eigenvalue weighted by Gasteiger charge is -2.43. The van der Waals surface area contributed by atoms with E-state index in [0.29, 0.717) is 83.5 Å². The Hall–Kier alpha value is -5.82. The topological polar surface area (TPSA) is 181 Å². The number of nitro benzene ring substituents is 1. The van der Waals surface area contributed by atoms with Crippen LogP contribution in [0.2, 0.25) is 0 Å². The molecule has 16 nitrogen and oxygen atoms in total. The van der Waals surface area contributed by atoms with E-state index in [1.54, 1.807) is 18.2 Å². The van der Waals surface area contributed by atoms with Crippen LogP contribution in [0.25, 0.3) is 32.9 Å². The Labute approximate surface area is 362 Å². The smallest absolute Gasteiger partial charge is 0.468 e. The van der Waals surface area contributed by atoms with Gasteiger partial charge in [0, 0.05) is 74.8 Å². The zero-order valence-corrected chi connectivity index (χ0v) is 35.6. The van der Waals surface area contributed by atoms with Crippen LogP contribution in [-0.4, -0.2) is 108 Å². The van der Waals surface area contributed by atoms with Crippen molar-refractivity contribution in [3.63, 3.8) is 0 Å². The third-order valence-corrected chi connectivity index (χ3v) is 12.2. The number of carboxylic acid groups (broad SMARTS) is 1. The van der Waals surface area contributed by atoms with Gasteiger partial charge in [0.1, 0.15) is 41.0 Å². The van der Waals surface area contributed by atoms with Gasteiger partial charge in [-0.2, -0.15) is 9.97 Å². The predicted molar refractivity (Wildman–Crippen MR) is 228 cm³/mol. The molecular formula is C45H50F2N6O10. The number of likely N-dealkylation sites (tertiary alicyclic amines) is 1. The van der Waals surface area contributed by atoms with E-state index in [1.807, 2.05) is 30.7 Å². The largest absolute Gasteiger partial charge is 0.511 e. The third kappa shape index (κ3) is 9.30. The number of methoxy groups -OCH3 is 1. The molecule has 5 heterocycles. The minimum absolute atomic E-state index is 0.0143. The zero-order valence-electron chi connectivity index (χ0n) is 35.6. The van der Waals surface area contributed by atoms with Gasteiger partial charge >= 0.3 is 12.2 Å². The van der Waals surface area contributed by atoms with Crippen LogP contribution in [0.15, 0.2) is 48.7 Å². The first-order valence-electron chi connectivity index (χ1n) is 21.1. The molecule has 0 radical (unpaired) electrons. The molecule has 2 aromatic heterocycles. The Morgan fingerprint density at radius 1 is 1.11 bits per heavy atom. The van der Waals surface area contributed by atoms with Crippen LogP contribution >= 0.6 is 0 Å². The van der Waals surface area contributed by atoms with Crippen LogP contribution in [0.4, 0.5) is 25.1 Å². The highest BCUT2D eigenvalue weighted by Crippen LogP contribution is 2.42. The summed E-state index contributed by atoms with van der Waals surface area (Å²) < 4.78 is 67.7. The van der Waals surface area contributed by atoms with Crippen molar-refractivity contribution in [1.82, 2.24) is 19.9 Å². The van der Waals surface area contributed by atoms with Crippen LogP contribution in [0.1, 0.15) is 69.4 Å². The van der Waals surface area contributed by atoms with Crippen molar-refractivity contribution in [1.29, 1.82) is 0 Å². The van der Waals surface area contributed by atoms with E-state index in [4.69, 9.17) is 33.4 Å². The van der Waals surface area contributed by atoms with Crippen LogP contribution in [0.3, 0.4) is 0 Å². The number of piperidine rings is 1. The molecule has 3 fully saturated rings. The molecule has 0 spiro atoms. The molecule has 334 valence electrons. The maximum Gasteiger partial charge on any atom is 0.511 e. The van der Waals surface area contributed by atoms with Crippen molar-refractivity contribution in [3.8, 4) is 28.8 Å². The van der Waals surface area contributed by atoms with Crippen molar-refractivity contribution < 1.29 is 52.0 Å². The molecule has 1 N–H and O–H groups in total. The molecule has 63 heavy (non-hydrogen) atoms. The fraction of sp³-hybridized carbons (Fsp3) is 0.467. The molecule has 0 aliphatic carbocycles. The number of hydrogen-bond donors (Lipinski definition) is 1. The minimum Gasteiger partial charge on any atom is -0.468 e. The number of fused-ring (bicyclic) bond motifs is 2. The van der Waals surface area contributed by atoms with Crippen LogP contribution in [0.5, 0.6) is 17.5 Å². The monoisotopic (exact) mass is 872 g/mol. The number of ether oxygens (including phenoxy) is 6. The lowest BCUT2D eigenvalue weighted by atomic mass is 9.93. The number of halogens is 2. The number of likely N-dealkylation sites (N-methyl/N-ethyl adjacent to an activating group) is 1. The number of aromatic nitrogens is 3. The van der Waals surface area contributed by atoms with Crippen molar-refractivity contribution in [2.45, 2.75) is 82.6 Å². The number of aryl methyl sites for hydroxylation is 1. The van der Waals surface area contributed by atoms with Gasteiger partial charge < -0.3 is 38.4 Å². The molecule has 1 unspecified atom stereocenters. The van der Waals surface area contributed by atoms with E-state index in [2.05, 4.69) is 9.97 Å².